The number of anilines is 1. The number of aromatic carboxylic acids is 1. The van der Waals surface area contributed by atoms with Crippen LogP contribution in [0.2, 0.25) is 0 Å². The summed E-state index contributed by atoms with van der Waals surface area (Å²) in [6.07, 6.45) is 0. The summed E-state index contributed by atoms with van der Waals surface area (Å²) < 4.78 is 6.01. The molecule has 0 bridgehead atoms. The minimum Gasteiger partial charge on any atom is -0.475 e. The van der Waals surface area contributed by atoms with Crippen LogP contribution in [0.5, 0.6) is 0 Å². The van der Waals surface area contributed by atoms with E-state index in [0.717, 1.165) is 27.5 Å². The summed E-state index contributed by atoms with van der Waals surface area (Å²) in [6.45, 7) is 1.90. The Bertz CT molecular complexity index is 683. The lowest BCUT2D eigenvalue weighted by molar-refractivity contribution is -0.113. The molecule has 0 radical (unpaired) electrons. The summed E-state index contributed by atoms with van der Waals surface area (Å²) >= 11 is 4.50. The van der Waals surface area contributed by atoms with Crippen molar-refractivity contribution in [2.75, 3.05) is 11.1 Å². The maximum atomic E-state index is 11.9. The third-order valence-electron chi connectivity index (χ3n) is 2.60. The van der Waals surface area contributed by atoms with E-state index in [0.29, 0.717) is 5.09 Å². The third kappa shape index (κ3) is 4.37. The first-order valence-electron chi connectivity index (χ1n) is 5.97. The zero-order valence-electron chi connectivity index (χ0n) is 11.1. The Hall–Kier alpha value is -1.73. The van der Waals surface area contributed by atoms with E-state index in [1.54, 1.807) is 0 Å². The molecule has 2 aromatic rings. The van der Waals surface area contributed by atoms with Gasteiger partial charge in [-0.3, -0.25) is 4.79 Å². The van der Waals surface area contributed by atoms with Gasteiger partial charge < -0.3 is 14.8 Å². The second-order valence-corrected chi connectivity index (χ2v) is 6.12. The highest BCUT2D eigenvalue weighted by atomic mass is 79.9. The Balaban J connectivity index is 1.91. The number of furan rings is 1. The topological polar surface area (TPSA) is 79.5 Å². The number of carbonyl (C=O) groups excluding carboxylic acids is 1. The van der Waals surface area contributed by atoms with E-state index < -0.39 is 5.97 Å². The Morgan fingerprint density at radius 2 is 2.10 bits per heavy atom. The molecule has 0 unspecified atom stereocenters. The van der Waals surface area contributed by atoms with E-state index >= 15 is 0 Å². The fourth-order valence-corrected chi connectivity index (χ4v) is 2.74. The van der Waals surface area contributed by atoms with Gasteiger partial charge in [-0.25, -0.2) is 4.79 Å². The highest BCUT2D eigenvalue weighted by Gasteiger charge is 2.11. The number of carboxylic acids is 1. The first kappa shape index (κ1) is 15.7. The molecule has 0 atom stereocenters. The van der Waals surface area contributed by atoms with Crippen molar-refractivity contribution in [1.29, 1.82) is 0 Å². The van der Waals surface area contributed by atoms with Crippen LogP contribution in [0.3, 0.4) is 0 Å². The average Bonchev–Trinajstić information content (AvgIpc) is 2.89. The third-order valence-corrected chi connectivity index (χ3v) is 4.00. The van der Waals surface area contributed by atoms with E-state index in [1.807, 2.05) is 25.1 Å². The van der Waals surface area contributed by atoms with Crippen LogP contribution in [0.4, 0.5) is 5.69 Å². The molecule has 21 heavy (non-hydrogen) atoms. The molecular formula is C14H12BrNO4S. The Kier molecular flexibility index (Phi) is 5.08. The highest BCUT2D eigenvalue weighted by Crippen LogP contribution is 2.23. The van der Waals surface area contributed by atoms with E-state index in [2.05, 4.69) is 21.2 Å². The molecule has 1 heterocycles. The lowest BCUT2D eigenvalue weighted by Gasteiger charge is -2.08. The van der Waals surface area contributed by atoms with Gasteiger partial charge in [-0.1, -0.05) is 27.7 Å². The van der Waals surface area contributed by atoms with Crippen molar-refractivity contribution in [2.24, 2.45) is 0 Å². The summed E-state index contributed by atoms with van der Waals surface area (Å²) in [7, 11) is 0. The molecule has 0 fully saturated rings. The number of halogens is 1. The molecule has 0 aliphatic carbocycles. The first-order chi connectivity index (χ1) is 9.95. The summed E-state index contributed by atoms with van der Waals surface area (Å²) in [4.78, 5) is 22.5. The first-order valence-corrected chi connectivity index (χ1v) is 7.75. The highest BCUT2D eigenvalue weighted by molar-refractivity contribution is 9.10. The van der Waals surface area contributed by atoms with Gasteiger partial charge in [0.25, 0.3) is 0 Å². The van der Waals surface area contributed by atoms with Gasteiger partial charge in [0.15, 0.2) is 5.09 Å². The monoisotopic (exact) mass is 369 g/mol. The summed E-state index contributed by atoms with van der Waals surface area (Å²) in [5.74, 6) is -1.31. The average molecular weight is 370 g/mol. The van der Waals surface area contributed by atoms with Crippen molar-refractivity contribution in [1.82, 2.24) is 0 Å². The lowest BCUT2D eigenvalue weighted by atomic mass is 10.2. The van der Waals surface area contributed by atoms with Crippen molar-refractivity contribution in [3.05, 3.63) is 46.1 Å². The van der Waals surface area contributed by atoms with Crippen LogP contribution < -0.4 is 5.32 Å². The molecule has 0 aliphatic rings. The number of rotatable bonds is 5. The van der Waals surface area contributed by atoms with Crippen LogP contribution >= 0.6 is 27.7 Å². The van der Waals surface area contributed by atoms with Crippen LogP contribution in [-0.4, -0.2) is 22.7 Å². The SMILES string of the molecule is Cc1cc(Br)ccc1NC(=O)CSc1ccc(C(=O)O)o1. The number of hydrogen-bond donors (Lipinski definition) is 2. The molecule has 1 amide bonds. The largest absolute Gasteiger partial charge is 0.475 e. The van der Waals surface area contributed by atoms with Gasteiger partial charge in [0.1, 0.15) is 0 Å². The molecule has 2 rings (SSSR count). The molecule has 110 valence electrons. The van der Waals surface area contributed by atoms with E-state index in [9.17, 15) is 9.59 Å². The van der Waals surface area contributed by atoms with Crippen molar-refractivity contribution in [3.8, 4) is 0 Å². The fourth-order valence-electron chi connectivity index (χ4n) is 1.60. The Morgan fingerprint density at radius 1 is 1.33 bits per heavy atom. The summed E-state index contributed by atoms with van der Waals surface area (Å²) in [6, 6.07) is 8.47. The van der Waals surface area contributed by atoms with Gasteiger partial charge in [-0.15, -0.1) is 0 Å². The van der Waals surface area contributed by atoms with Gasteiger partial charge >= 0.3 is 5.97 Å². The predicted molar refractivity (Wildman–Crippen MR) is 83.9 cm³/mol. The van der Waals surface area contributed by atoms with Crippen molar-refractivity contribution in [3.63, 3.8) is 0 Å². The second kappa shape index (κ2) is 6.82. The minimum absolute atomic E-state index is 0.137. The van der Waals surface area contributed by atoms with Gasteiger partial charge in [0.2, 0.25) is 11.7 Å². The maximum absolute atomic E-state index is 11.9. The molecular weight excluding hydrogens is 358 g/mol. The molecule has 7 heteroatoms. The smallest absolute Gasteiger partial charge is 0.371 e. The van der Waals surface area contributed by atoms with E-state index in [4.69, 9.17) is 9.52 Å². The number of nitrogens with one attached hydrogen (secondary N) is 1. The normalized spacial score (nSPS) is 10.4. The van der Waals surface area contributed by atoms with E-state index in [1.165, 1.54) is 12.1 Å². The molecule has 2 N–H and O–H groups in total. The van der Waals surface area contributed by atoms with Gasteiger partial charge in [-0.05, 0) is 42.8 Å². The second-order valence-electron chi connectivity index (χ2n) is 4.22. The quantitative estimate of drug-likeness (QED) is 0.783. The zero-order chi connectivity index (χ0) is 15.4. The van der Waals surface area contributed by atoms with Crippen LogP contribution in [0.25, 0.3) is 0 Å². The van der Waals surface area contributed by atoms with E-state index in [-0.39, 0.29) is 17.4 Å². The number of carboxylic acid groups (broad SMARTS) is 1. The maximum Gasteiger partial charge on any atom is 0.371 e. The number of benzene rings is 1. The van der Waals surface area contributed by atoms with Crippen LogP contribution in [0, 0.1) is 6.92 Å². The number of amides is 1. The zero-order valence-corrected chi connectivity index (χ0v) is 13.5. The summed E-state index contributed by atoms with van der Waals surface area (Å²) in [5, 5.41) is 11.9. The molecule has 0 aliphatic heterocycles. The minimum atomic E-state index is -1.13. The van der Waals surface area contributed by atoms with Crippen LogP contribution in [0.1, 0.15) is 16.1 Å². The molecule has 1 aromatic carbocycles. The number of thioether (sulfide) groups is 1. The number of carbonyl (C=O) groups is 2. The molecule has 0 saturated heterocycles. The standard InChI is InChI=1S/C14H12BrNO4S/c1-8-6-9(15)2-3-10(8)16-12(17)7-21-13-5-4-11(20-13)14(18)19/h2-6H,7H2,1H3,(H,16,17)(H,18,19). The fraction of sp³-hybridized carbons (Fsp3) is 0.143. The van der Waals surface area contributed by atoms with Crippen molar-refractivity contribution in [2.45, 2.75) is 12.0 Å². The predicted octanol–water partition coefficient (Wildman–Crippen LogP) is 3.78. The Labute approximate surface area is 133 Å². The van der Waals surface area contributed by atoms with Crippen LogP contribution in [-0.2, 0) is 4.79 Å². The number of aryl methyl sites for hydroxylation is 1. The van der Waals surface area contributed by atoms with Crippen LogP contribution in [0.15, 0.2) is 44.3 Å². The molecule has 0 spiro atoms. The Morgan fingerprint density at radius 3 is 2.71 bits per heavy atom. The van der Waals surface area contributed by atoms with Gasteiger partial charge in [0.05, 0.1) is 5.75 Å². The summed E-state index contributed by atoms with van der Waals surface area (Å²) in [5.41, 5.74) is 1.70. The lowest BCUT2D eigenvalue weighted by Crippen LogP contribution is -2.14. The van der Waals surface area contributed by atoms with Crippen molar-refractivity contribution >= 4 is 45.3 Å². The van der Waals surface area contributed by atoms with Gasteiger partial charge in [-0.2, -0.15) is 0 Å². The van der Waals surface area contributed by atoms with Crippen molar-refractivity contribution < 1.29 is 19.1 Å². The van der Waals surface area contributed by atoms with Gasteiger partial charge in [0, 0.05) is 10.2 Å². The molecule has 0 saturated carbocycles. The molecule has 1 aromatic heterocycles. The number of hydrogen-bond acceptors (Lipinski definition) is 4. The molecule has 5 nitrogen and oxygen atoms in total.